The van der Waals surface area contributed by atoms with Gasteiger partial charge in [-0.25, -0.2) is 8.42 Å². The van der Waals surface area contributed by atoms with E-state index in [9.17, 15) is 8.42 Å². The minimum atomic E-state index is -3.69. The van der Waals surface area contributed by atoms with E-state index in [4.69, 9.17) is 16.7 Å². The Balaban J connectivity index is 2.33. The molecule has 0 fully saturated rings. The maximum Gasteiger partial charge on any atom is 0.263 e. The van der Waals surface area contributed by atoms with Crippen LogP contribution in [0, 0.1) is 6.92 Å². The van der Waals surface area contributed by atoms with Gasteiger partial charge in [0.2, 0.25) is 0 Å². The smallest absolute Gasteiger partial charge is 0.263 e. The molecule has 0 radical (unpaired) electrons. The second-order valence-electron chi connectivity index (χ2n) is 4.08. The number of hydrogen-bond acceptors (Lipinski definition) is 3. The van der Waals surface area contributed by atoms with Gasteiger partial charge < -0.3 is 10.1 Å². The number of aliphatic hydroxyl groups excluding tert-OH is 1. The number of halogens is 1. The van der Waals surface area contributed by atoms with Crippen LogP contribution in [0.5, 0.6) is 0 Å². The summed E-state index contributed by atoms with van der Waals surface area (Å²) in [5.74, 6) is 0. The van der Waals surface area contributed by atoms with Crippen molar-refractivity contribution in [3.05, 3.63) is 46.7 Å². The summed E-state index contributed by atoms with van der Waals surface area (Å²) in [5.41, 5.74) is 1.63. The zero-order chi connectivity index (χ0) is 14.0. The molecule has 0 aliphatic heterocycles. The number of rotatable bonds is 4. The molecule has 5 nitrogen and oxygen atoms in total. The topological polar surface area (TPSA) is 82.2 Å². The summed E-state index contributed by atoms with van der Waals surface area (Å²) in [6, 6.07) is 6.35. The van der Waals surface area contributed by atoms with Gasteiger partial charge in [-0.2, -0.15) is 0 Å². The monoisotopic (exact) mass is 300 g/mol. The molecule has 0 spiro atoms. The fourth-order valence-electron chi connectivity index (χ4n) is 1.57. The van der Waals surface area contributed by atoms with Crippen LogP contribution in [-0.2, 0) is 16.6 Å². The van der Waals surface area contributed by atoms with Crippen molar-refractivity contribution in [1.82, 2.24) is 4.98 Å². The first-order valence-electron chi connectivity index (χ1n) is 5.49. The lowest BCUT2D eigenvalue weighted by Crippen LogP contribution is -2.13. The average molecular weight is 301 g/mol. The Morgan fingerprint density at radius 3 is 2.74 bits per heavy atom. The summed E-state index contributed by atoms with van der Waals surface area (Å²) < 4.78 is 26.7. The van der Waals surface area contributed by atoms with Gasteiger partial charge in [-0.3, -0.25) is 4.72 Å². The molecule has 2 aromatic rings. The van der Waals surface area contributed by atoms with Gasteiger partial charge in [-0.15, -0.1) is 0 Å². The van der Waals surface area contributed by atoms with Crippen molar-refractivity contribution >= 4 is 27.3 Å². The van der Waals surface area contributed by atoms with Crippen LogP contribution in [0.4, 0.5) is 5.69 Å². The summed E-state index contributed by atoms with van der Waals surface area (Å²) in [4.78, 5) is 2.74. The highest BCUT2D eigenvalue weighted by molar-refractivity contribution is 7.92. The third-order valence-corrected chi connectivity index (χ3v) is 4.22. The number of H-pyrrole nitrogens is 1. The molecule has 1 aromatic heterocycles. The maximum atomic E-state index is 12.1. The van der Waals surface area contributed by atoms with Gasteiger partial charge in [0.15, 0.2) is 0 Å². The molecule has 1 heterocycles. The van der Waals surface area contributed by atoms with Crippen LogP contribution in [0.15, 0.2) is 35.4 Å². The predicted molar refractivity (Wildman–Crippen MR) is 73.7 cm³/mol. The second-order valence-corrected chi connectivity index (χ2v) is 6.20. The molecule has 0 unspecified atom stereocenters. The Morgan fingerprint density at radius 2 is 2.11 bits per heavy atom. The van der Waals surface area contributed by atoms with E-state index in [0.29, 0.717) is 16.4 Å². The fraction of sp³-hybridized carbons (Fsp3) is 0.167. The first kappa shape index (κ1) is 13.9. The van der Waals surface area contributed by atoms with Gasteiger partial charge in [0.05, 0.1) is 12.3 Å². The summed E-state index contributed by atoms with van der Waals surface area (Å²) in [5, 5.41) is 9.38. The molecule has 7 heteroatoms. The van der Waals surface area contributed by atoms with Crippen LogP contribution in [0.2, 0.25) is 5.02 Å². The van der Waals surface area contributed by atoms with E-state index < -0.39 is 10.0 Å². The average Bonchev–Trinajstić information content (AvgIpc) is 2.83. The number of benzene rings is 1. The molecule has 0 saturated carbocycles. The van der Waals surface area contributed by atoms with E-state index in [0.717, 1.165) is 5.56 Å². The van der Waals surface area contributed by atoms with Gasteiger partial charge in [-0.05, 0) is 30.7 Å². The van der Waals surface area contributed by atoms with Gasteiger partial charge in [0.1, 0.15) is 4.90 Å². The van der Waals surface area contributed by atoms with Crippen LogP contribution in [-0.4, -0.2) is 18.5 Å². The zero-order valence-electron chi connectivity index (χ0n) is 10.1. The lowest BCUT2D eigenvalue weighted by Gasteiger charge is -2.09. The molecule has 0 aliphatic carbocycles. The molecule has 102 valence electrons. The number of hydrogen-bond donors (Lipinski definition) is 3. The number of aromatic amines is 1. The van der Waals surface area contributed by atoms with Crippen molar-refractivity contribution < 1.29 is 13.5 Å². The molecule has 3 N–H and O–H groups in total. The Hall–Kier alpha value is -1.50. The molecule has 1 aromatic carbocycles. The molecule has 0 aliphatic rings. The molecule has 0 atom stereocenters. The summed E-state index contributed by atoms with van der Waals surface area (Å²) in [7, 11) is -3.69. The summed E-state index contributed by atoms with van der Waals surface area (Å²) >= 11 is 5.84. The lowest BCUT2D eigenvalue weighted by atomic mass is 10.2. The van der Waals surface area contributed by atoms with E-state index in [2.05, 4.69) is 9.71 Å². The predicted octanol–water partition coefficient (Wildman–Crippen LogP) is 2.27. The highest BCUT2D eigenvalue weighted by Crippen LogP contribution is 2.23. The number of nitrogens with one attached hydrogen (secondary N) is 2. The quantitative estimate of drug-likeness (QED) is 0.810. The minimum absolute atomic E-state index is 0.0657. The number of aromatic nitrogens is 1. The van der Waals surface area contributed by atoms with E-state index in [-0.39, 0.29) is 11.5 Å². The van der Waals surface area contributed by atoms with E-state index in [1.165, 1.54) is 12.3 Å². The van der Waals surface area contributed by atoms with Gasteiger partial charge in [0, 0.05) is 16.9 Å². The molecule has 2 rings (SSSR count). The highest BCUT2D eigenvalue weighted by Gasteiger charge is 2.17. The third kappa shape index (κ3) is 3.09. The number of aliphatic hydroxyl groups is 1. The van der Waals surface area contributed by atoms with Crippen LogP contribution in [0.1, 0.15) is 11.3 Å². The summed E-state index contributed by atoms with van der Waals surface area (Å²) in [6.45, 7) is 1.54. The van der Waals surface area contributed by atoms with Crippen LogP contribution in [0.3, 0.4) is 0 Å². The van der Waals surface area contributed by atoms with Crippen molar-refractivity contribution in [3.8, 4) is 0 Å². The van der Waals surface area contributed by atoms with Crippen LogP contribution in [0.25, 0.3) is 0 Å². The first-order valence-corrected chi connectivity index (χ1v) is 7.35. The van der Waals surface area contributed by atoms with Crippen molar-refractivity contribution in [3.63, 3.8) is 0 Å². The Kier molecular flexibility index (Phi) is 3.84. The highest BCUT2D eigenvalue weighted by atomic mass is 35.5. The maximum absolute atomic E-state index is 12.1. The van der Waals surface area contributed by atoms with Crippen molar-refractivity contribution in [2.24, 2.45) is 0 Å². The number of aryl methyl sites for hydroxylation is 1. The van der Waals surface area contributed by atoms with Gasteiger partial charge >= 0.3 is 0 Å². The van der Waals surface area contributed by atoms with Crippen molar-refractivity contribution in [2.75, 3.05) is 4.72 Å². The van der Waals surface area contributed by atoms with Gasteiger partial charge in [0.25, 0.3) is 10.0 Å². The Labute approximate surface area is 116 Å². The SMILES string of the molecule is Cc1ccc(Cl)cc1NS(=O)(=O)c1c[nH]c(CO)c1. The number of sulfonamides is 1. The fourth-order valence-corrected chi connectivity index (χ4v) is 2.88. The van der Waals surface area contributed by atoms with E-state index in [1.807, 2.05) is 0 Å². The first-order chi connectivity index (χ1) is 8.92. The van der Waals surface area contributed by atoms with Gasteiger partial charge in [-0.1, -0.05) is 17.7 Å². The Morgan fingerprint density at radius 1 is 1.37 bits per heavy atom. The molecular formula is C12H13ClN2O3S. The zero-order valence-corrected chi connectivity index (χ0v) is 11.7. The molecule has 0 amide bonds. The van der Waals surface area contributed by atoms with Crippen LogP contribution < -0.4 is 4.72 Å². The minimum Gasteiger partial charge on any atom is -0.390 e. The molecule has 19 heavy (non-hydrogen) atoms. The molecule has 0 saturated heterocycles. The van der Waals surface area contributed by atoms with Crippen molar-refractivity contribution in [2.45, 2.75) is 18.4 Å². The normalized spacial score (nSPS) is 11.5. The van der Waals surface area contributed by atoms with Crippen molar-refractivity contribution in [1.29, 1.82) is 0 Å². The van der Waals surface area contributed by atoms with E-state index >= 15 is 0 Å². The second kappa shape index (κ2) is 5.24. The molecular weight excluding hydrogens is 288 g/mol. The van der Waals surface area contributed by atoms with E-state index in [1.54, 1.807) is 25.1 Å². The molecule has 0 bridgehead atoms. The largest absolute Gasteiger partial charge is 0.390 e. The Bertz CT molecular complexity index is 695. The standard InChI is InChI=1S/C12H13ClN2O3S/c1-8-2-3-9(13)4-12(8)15-19(17,18)11-5-10(7-16)14-6-11/h2-6,14-16H,7H2,1H3. The number of anilines is 1. The summed E-state index contributed by atoms with van der Waals surface area (Å²) in [6.07, 6.45) is 1.33. The third-order valence-electron chi connectivity index (χ3n) is 2.64. The lowest BCUT2D eigenvalue weighted by molar-refractivity contribution is 0.277. The van der Waals surface area contributed by atoms with Crippen LogP contribution >= 0.6 is 11.6 Å².